The van der Waals surface area contributed by atoms with E-state index in [1.54, 1.807) is 36.8 Å². The van der Waals surface area contributed by atoms with Crippen molar-refractivity contribution in [2.75, 3.05) is 0 Å². The third kappa shape index (κ3) is 7.23. The molecule has 0 aliphatic heterocycles. The summed E-state index contributed by atoms with van der Waals surface area (Å²) in [6.45, 7) is 1.90. The number of nitrogens with zero attached hydrogens (tertiary/aromatic N) is 2. The van der Waals surface area contributed by atoms with Gasteiger partial charge in [-0.15, -0.1) is 0 Å². The molecular weight excluding hydrogens is 629 g/mol. The Labute approximate surface area is 290 Å². The van der Waals surface area contributed by atoms with Gasteiger partial charge in [-0.05, 0) is 54.5 Å². The van der Waals surface area contributed by atoms with Gasteiger partial charge in [-0.1, -0.05) is 141 Å². The van der Waals surface area contributed by atoms with Gasteiger partial charge in [-0.25, -0.2) is 13.4 Å². The van der Waals surface area contributed by atoms with Crippen molar-refractivity contribution in [3.05, 3.63) is 156 Å². The smallest absolute Gasteiger partial charge is 0.188 e. The molecule has 4 aromatic carbocycles. The second kappa shape index (κ2) is 15.3. The number of aromatic nitrogens is 2. The second-order valence-electron chi connectivity index (χ2n) is 13.3. The maximum Gasteiger partial charge on any atom is 0.188 e. The van der Waals surface area contributed by atoms with Crippen molar-refractivity contribution in [1.29, 1.82) is 0 Å². The molecule has 1 fully saturated rings. The largest absolute Gasteiger partial charge is 0.309 e. The van der Waals surface area contributed by atoms with E-state index in [-0.39, 0.29) is 29.9 Å². The van der Waals surface area contributed by atoms with Gasteiger partial charge in [0.15, 0.2) is 21.4 Å². The molecule has 1 heterocycles. The maximum atomic E-state index is 14.2. The number of hydrogen-bond acceptors (Lipinski definition) is 5. The fraction of sp³-hybridized carbons (Fsp3) is 0.310. The Morgan fingerprint density at radius 2 is 1.29 bits per heavy atom. The molecule has 0 bridgehead atoms. The standard InChI is InChI=1S/C42H44N2O4S/c1-32-22-25-37(26-23-32)49(47,48)41(29-24-33-14-6-2-7-15-33)40(46)28-27-39(45)38-30-43-31-44(38)42(34-16-8-3-9-17-34,35-18-10-4-11-19-35)36-20-12-5-13-21-36/h3-5,8-13,16-23,25-26,30-31,33,41H,2,6-7,14-15,24,27-29H2,1H3. The van der Waals surface area contributed by atoms with E-state index in [0.717, 1.165) is 47.9 Å². The van der Waals surface area contributed by atoms with Crippen molar-refractivity contribution in [3.63, 3.8) is 0 Å². The maximum absolute atomic E-state index is 14.2. The summed E-state index contributed by atoms with van der Waals surface area (Å²) >= 11 is 0. The molecule has 7 heteroatoms. The van der Waals surface area contributed by atoms with Crippen LogP contribution in [0.3, 0.4) is 0 Å². The van der Waals surface area contributed by atoms with E-state index in [2.05, 4.69) is 4.98 Å². The molecule has 1 unspecified atom stereocenters. The summed E-state index contributed by atoms with van der Waals surface area (Å²) < 4.78 is 29.8. The fourth-order valence-electron chi connectivity index (χ4n) is 7.49. The van der Waals surface area contributed by atoms with Crippen LogP contribution in [-0.2, 0) is 20.2 Å². The second-order valence-corrected chi connectivity index (χ2v) is 15.4. The Balaban J connectivity index is 1.33. The van der Waals surface area contributed by atoms with Gasteiger partial charge >= 0.3 is 0 Å². The predicted molar refractivity (Wildman–Crippen MR) is 193 cm³/mol. The summed E-state index contributed by atoms with van der Waals surface area (Å²) in [4.78, 5) is 32.8. The first-order valence-corrected chi connectivity index (χ1v) is 18.9. The summed E-state index contributed by atoms with van der Waals surface area (Å²) in [5.74, 6) is -0.247. The lowest BCUT2D eigenvalue weighted by Gasteiger charge is -2.38. The van der Waals surface area contributed by atoms with Crippen LogP contribution in [0.15, 0.2) is 133 Å². The molecule has 0 amide bonds. The topological polar surface area (TPSA) is 86.1 Å². The third-order valence-corrected chi connectivity index (χ3v) is 12.3. The van der Waals surface area contributed by atoms with Crippen LogP contribution in [0, 0.1) is 12.8 Å². The highest BCUT2D eigenvalue weighted by Crippen LogP contribution is 2.42. The first-order valence-electron chi connectivity index (χ1n) is 17.4. The zero-order valence-electron chi connectivity index (χ0n) is 28.1. The molecule has 1 aliphatic carbocycles. The number of imidazole rings is 1. The van der Waals surface area contributed by atoms with Gasteiger partial charge in [-0.3, -0.25) is 9.59 Å². The van der Waals surface area contributed by atoms with Crippen LogP contribution in [0.2, 0.25) is 0 Å². The van der Waals surface area contributed by atoms with E-state index in [0.29, 0.717) is 18.0 Å². The van der Waals surface area contributed by atoms with Crippen molar-refractivity contribution in [3.8, 4) is 0 Å². The van der Waals surface area contributed by atoms with Gasteiger partial charge in [0.1, 0.15) is 16.5 Å². The Morgan fingerprint density at radius 3 is 1.82 bits per heavy atom. The van der Waals surface area contributed by atoms with E-state index in [1.165, 1.54) is 6.42 Å². The van der Waals surface area contributed by atoms with E-state index in [1.807, 2.05) is 102 Å². The monoisotopic (exact) mass is 672 g/mol. The van der Waals surface area contributed by atoms with Gasteiger partial charge in [-0.2, -0.15) is 0 Å². The third-order valence-electron chi connectivity index (χ3n) is 10.1. The number of aryl methyl sites for hydroxylation is 1. The summed E-state index contributed by atoms with van der Waals surface area (Å²) in [5, 5.41) is -1.19. The number of ketones is 2. The van der Waals surface area contributed by atoms with Gasteiger partial charge in [0.2, 0.25) is 0 Å². The van der Waals surface area contributed by atoms with Crippen LogP contribution in [0.4, 0.5) is 0 Å². The van der Waals surface area contributed by atoms with Crippen LogP contribution in [0.5, 0.6) is 0 Å². The zero-order chi connectivity index (χ0) is 34.3. The molecule has 5 aromatic rings. The first-order chi connectivity index (χ1) is 23.8. The number of carbonyl (C=O) groups is 2. The Kier molecular flexibility index (Phi) is 10.7. The summed E-state index contributed by atoms with van der Waals surface area (Å²) in [6, 6.07) is 36.8. The molecule has 0 radical (unpaired) electrons. The minimum absolute atomic E-state index is 0.123. The van der Waals surface area contributed by atoms with Crippen molar-refractivity contribution in [1.82, 2.24) is 9.55 Å². The number of rotatable bonds is 14. The molecule has 0 N–H and O–H groups in total. The Morgan fingerprint density at radius 1 is 0.755 bits per heavy atom. The lowest BCUT2D eigenvalue weighted by Crippen LogP contribution is -2.39. The minimum atomic E-state index is -3.94. The SMILES string of the molecule is Cc1ccc(S(=O)(=O)C(CCC2CCCCC2)C(=O)CCC(=O)c2cncn2C(c2ccccc2)(c2ccccc2)c2ccccc2)cc1. The number of hydrogen-bond donors (Lipinski definition) is 0. The first kappa shape index (κ1) is 34.3. The number of benzene rings is 4. The van der Waals surface area contributed by atoms with Crippen LogP contribution < -0.4 is 0 Å². The number of sulfone groups is 1. The molecule has 1 aromatic heterocycles. The van der Waals surface area contributed by atoms with E-state index >= 15 is 0 Å². The molecule has 1 atom stereocenters. The van der Waals surface area contributed by atoms with Gasteiger partial charge in [0.25, 0.3) is 0 Å². The quantitative estimate of drug-likeness (QED) is 0.0870. The van der Waals surface area contributed by atoms with E-state index < -0.39 is 26.4 Å². The lowest BCUT2D eigenvalue weighted by molar-refractivity contribution is -0.118. The molecule has 49 heavy (non-hydrogen) atoms. The summed E-state index contributed by atoms with van der Waals surface area (Å²) in [6.07, 6.45) is 9.54. The van der Waals surface area contributed by atoms with Crippen LogP contribution in [-0.4, -0.2) is 34.8 Å². The average molecular weight is 673 g/mol. The van der Waals surface area contributed by atoms with Gasteiger partial charge < -0.3 is 4.57 Å². The minimum Gasteiger partial charge on any atom is -0.309 e. The average Bonchev–Trinajstić information content (AvgIpc) is 3.63. The van der Waals surface area contributed by atoms with Crippen molar-refractivity contribution >= 4 is 21.4 Å². The van der Waals surface area contributed by atoms with E-state index in [9.17, 15) is 18.0 Å². The summed E-state index contributed by atoms with van der Waals surface area (Å²) in [5.41, 5.74) is 3.20. The molecule has 0 saturated heterocycles. The van der Waals surface area contributed by atoms with Gasteiger partial charge in [0.05, 0.1) is 17.4 Å². The highest BCUT2D eigenvalue weighted by atomic mass is 32.2. The molecular formula is C42H44N2O4S. The van der Waals surface area contributed by atoms with Crippen LogP contribution in [0.1, 0.15) is 90.5 Å². The van der Waals surface area contributed by atoms with E-state index in [4.69, 9.17) is 0 Å². The fourth-order valence-corrected chi connectivity index (χ4v) is 9.25. The number of Topliss-reactive ketones (excluding diaryl/α,β-unsaturated/α-hetero) is 2. The predicted octanol–water partition coefficient (Wildman–Crippen LogP) is 8.77. The van der Waals surface area contributed by atoms with Crippen LogP contribution in [0.25, 0.3) is 0 Å². The Bertz CT molecular complexity index is 1850. The molecule has 1 saturated carbocycles. The van der Waals surface area contributed by atoms with Crippen molar-refractivity contribution in [2.24, 2.45) is 5.92 Å². The zero-order valence-corrected chi connectivity index (χ0v) is 28.9. The highest BCUT2D eigenvalue weighted by molar-refractivity contribution is 7.92. The molecule has 6 rings (SSSR count). The Hall–Kier alpha value is -4.62. The van der Waals surface area contributed by atoms with Crippen molar-refractivity contribution < 1.29 is 18.0 Å². The highest BCUT2D eigenvalue weighted by Gasteiger charge is 2.41. The molecule has 1 aliphatic rings. The summed E-state index contributed by atoms with van der Waals surface area (Å²) in [7, 11) is -3.94. The van der Waals surface area contributed by atoms with Crippen molar-refractivity contribution in [2.45, 2.75) is 80.4 Å². The van der Waals surface area contributed by atoms with Crippen LogP contribution >= 0.6 is 0 Å². The molecule has 252 valence electrons. The number of carbonyl (C=O) groups excluding carboxylic acids is 2. The normalized spacial score (nSPS) is 14.7. The van der Waals surface area contributed by atoms with Gasteiger partial charge in [0, 0.05) is 12.8 Å². The molecule has 0 spiro atoms. The lowest BCUT2D eigenvalue weighted by atomic mass is 9.76. The molecule has 6 nitrogen and oxygen atoms in total.